The van der Waals surface area contributed by atoms with Crippen LogP contribution in [0, 0.1) is 12.8 Å². The van der Waals surface area contributed by atoms with Crippen LogP contribution in [0.4, 0.5) is 0 Å². The maximum Gasteiger partial charge on any atom is 0.340 e. The third-order valence-corrected chi connectivity index (χ3v) is 3.19. The maximum atomic E-state index is 12.3. The van der Waals surface area contributed by atoms with E-state index in [2.05, 4.69) is 20.5 Å². The number of hydrogen-bond donors (Lipinski definition) is 3. The number of para-hydroxylation sites is 1. The SMILES string of the molecule is Cc1ccccc1O[C@@H](C(=O)NCc1n[nH]c(=O)[nH]1)C(C)C. The molecule has 0 saturated heterocycles. The summed E-state index contributed by atoms with van der Waals surface area (Å²) < 4.78 is 5.85. The van der Waals surface area contributed by atoms with Crippen LogP contribution in [0.5, 0.6) is 5.75 Å². The zero-order valence-electron chi connectivity index (χ0n) is 12.8. The number of nitrogens with zero attached hydrogens (tertiary/aromatic N) is 1. The number of carbonyl (C=O) groups excluding carboxylic acids is 1. The number of aromatic amines is 2. The van der Waals surface area contributed by atoms with Crippen molar-refractivity contribution in [2.24, 2.45) is 5.92 Å². The van der Waals surface area contributed by atoms with Crippen LogP contribution in [-0.2, 0) is 11.3 Å². The summed E-state index contributed by atoms with van der Waals surface area (Å²) in [6, 6.07) is 7.55. The molecule has 0 unspecified atom stereocenters. The monoisotopic (exact) mass is 304 g/mol. The van der Waals surface area contributed by atoms with Gasteiger partial charge in [0.05, 0.1) is 6.54 Å². The van der Waals surface area contributed by atoms with Crippen molar-refractivity contribution in [2.75, 3.05) is 0 Å². The van der Waals surface area contributed by atoms with Gasteiger partial charge in [0.15, 0.2) is 6.10 Å². The van der Waals surface area contributed by atoms with Gasteiger partial charge in [0.2, 0.25) is 0 Å². The Morgan fingerprint density at radius 1 is 1.36 bits per heavy atom. The molecule has 0 spiro atoms. The van der Waals surface area contributed by atoms with Crippen LogP contribution in [0.15, 0.2) is 29.1 Å². The second-order valence-electron chi connectivity index (χ2n) is 5.39. The lowest BCUT2D eigenvalue weighted by Gasteiger charge is -2.22. The Labute approximate surface area is 128 Å². The number of H-pyrrole nitrogens is 2. The third kappa shape index (κ3) is 3.97. The van der Waals surface area contributed by atoms with Crippen LogP contribution in [0.25, 0.3) is 0 Å². The Hall–Kier alpha value is -2.57. The van der Waals surface area contributed by atoms with Crippen molar-refractivity contribution < 1.29 is 9.53 Å². The highest BCUT2D eigenvalue weighted by Gasteiger charge is 2.24. The molecule has 0 fully saturated rings. The van der Waals surface area contributed by atoms with E-state index >= 15 is 0 Å². The molecule has 1 aromatic carbocycles. The van der Waals surface area contributed by atoms with Gasteiger partial charge >= 0.3 is 5.69 Å². The van der Waals surface area contributed by atoms with E-state index in [0.29, 0.717) is 11.6 Å². The first-order chi connectivity index (χ1) is 10.5. The summed E-state index contributed by atoms with van der Waals surface area (Å²) in [5, 5.41) is 8.71. The number of carbonyl (C=O) groups is 1. The van der Waals surface area contributed by atoms with E-state index in [0.717, 1.165) is 5.56 Å². The fourth-order valence-corrected chi connectivity index (χ4v) is 1.98. The molecule has 7 heteroatoms. The van der Waals surface area contributed by atoms with E-state index < -0.39 is 11.8 Å². The quantitative estimate of drug-likeness (QED) is 0.744. The summed E-state index contributed by atoms with van der Waals surface area (Å²) >= 11 is 0. The molecule has 2 aromatic rings. The minimum atomic E-state index is -0.619. The molecule has 22 heavy (non-hydrogen) atoms. The van der Waals surface area contributed by atoms with Gasteiger partial charge in [-0.25, -0.2) is 9.89 Å². The van der Waals surface area contributed by atoms with Crippen molar-refractivity contribution >= 4 is 5.91 Å². The van der Waals surface area contributed by atoms with E-state index in [-0.39, 0.29) is 18.4 Å². The number of ether oxygens (including phenoxy) is 1. The van der Waals surface area contributed by atoms with Gasteiger partial charge in [-0.15, -0.1) is 0 Å². The van der Waals surface area contributed by atoms with Gasteiger partial charge in [-0.1, -0.05) is 32.0 Å². The summed E-state index contributed by atoms with van der Waals surface area (Å²) in [6.45, 7) is 5.90. The van der Waals surface area contributed by atoms with Crippen LogP contribution in [-0.4, -0.2) is 27.2 Å². The predicted octanol–water partition coefficient (Wildman–Crippen LogP) is 1.13. The molecule has 7 nitrogen and oxygen atoms in total. The van der Waals surface area contributed by atoms with Gasteiger partial charge in [0.1, 0.15) is 11.6 Å². The smallest absolute Gasteiger partial charge is 0.340 e. The second kappa shape index (κ2) is 6.93. The molecule has 3 N–H and O–H groups in total. The largest absolute Gasteiger partial charge is 0.480 e. The maximum absolute atomic E-state index is 12.3. The normalized spacial score (nSPS) is 12.2. The van der Waals surface area contributed by atoms with Crippen LogP contribution in [0.2, 0.25) is 0 Å². The minimum Gasteiger partial charge on any atom is -0.480 e. The van der Waals surface area contributed by atoms with Crippen molar-refractivity contribution in [1.29, 1.82) is 0 Å². The summed E-state index contributed by atoms with van der Waals surface area (Å²) in [5.41, 5.74) is 0.568. The Bertz CT molecular complexity index is 690. The first-order valence-electron chi connectivity index (χ1n) is 7.11. The Kier molecular flexibility index (Phi) is 4.98. The van der Waals surface area contributed by atoms with Gasteiger partial charge in [0.25, 0.3) is 5.91 Å². The molecule has 0 saturated carbocycles. The van der Waals surface area contributed by atoms with Crippen molar-refractivity contribution in [3.63, 3.8) is 0 Å². The van der Waals surface area contributed by atoms with Gasteiger partial charge in [0, 0.05) is 0 Å². The first kappa shape index (κ1) is 15.8. The summed E-state index contributed by atoms with van der Waals surface area (Å²) in [4.78, 5) is 25.7. The summed E-state index contributed by atoms with van der Waals surface area (Å²) in [7, 11) is 0. The molecule has 1 atom stereocenters. The second-order valence-corrected chi connectivity index (χ2v) is 5.39. The first-order valence-corrected chi connectivity index (χ1v) is 7.11. The topological polar surface area (TPSA) is 99.9 Å². The predicted molar refractivity (Wildman–Crippen MR) is 81.5 cm³/mol. The molecule has 1 heterocycles. The molecular formula is C15H20N4O3. The van der Waals surface area contributed by atoms with E-state index in [1.165, 1.54) is 0 Å². The van der Waals surface area contributed by atoms with Crippen molar-refractivity contribution in [3.8, 4) is 5.75 Å². The Morgan fingerprint density at radius 3 is 2.68 bits per heavy atom. The van der Waals surface area contributed by atoms with Crippen LogP contribution in [0.1, 0.15) is 25.2 Å². The standard InChI is InChI=1S/C15H20N4O3/c1-9(2)13(22-11-7-5-4-6-10(11)3)14(20)16-8-12-17-15(21)19-18-12/h4-7,9,13H,8H2,1-3H3,(H,16,20)(H2,17,18,19,21)/t13-/m1/s1. The number of rotatable bonds is 6. The molecule has 118 valence electrons. The van der Waals surface area contributed by atoms with Crippen LogP contribution >= 0.6 is 0 Å². The van der Waals surface area contributed by atoms with E-state index in [4.69, 9.17) is 4.74 Å². The lowest BCUT2D eigenvalue weighted by atomic mass is 10.1. The molecule has 0 aliphatic carbocycles. The zero-order chi connectivity index (χ0) is 16.1. The Balaban J connectivity index is 2.02. The highest BCUT2D eigenvalue weighted by atomic mass is 16.5. The molecule has 0 aliphatic heterocycles. The van der Waals surface area contributed by atoms with Gasteiger partial charge in [-0.05, 0) is 24.5 Å². The lowest BCUT2D eigenvalue weighted by molar-refractivity contribution is -0.130. The zero-order valence-corrected chi connectivity index (χ0v) is 12.8. The van der Waals surface area contributed by atoms with Crippen molar-refractivity contribution in [2.45, 2.75) is 33.4 Å². The fraction of sp³-hybridized carbons (Fsp3) is 0.400. The average molecular weight is 304 g/mol. The molecule has 0 aliphatic rings. The molecule has 0 bridgehead atoms. The number of aromatic nitrogens is 3. The molecule has 2 rings (SSSR count). The van der Waals surface area contributed by atoms with Crippen LogP contribution in [0.3, 0.4) is 0 Å². The van der Waals surface area contributed by atoms with E-state index in [1.54, 1.807) is 0 Å². The Morgan fingerprint density at radius 2 is 2.09 bits per heavy atom. The number of amides is 1. The molecule has 1 amide bonds. The van der Waals surface area contributed by atoms with E-state index in [1.807, 2.05) is 45.0 Å². The summed E-state index contributed by atoms with van der Waals surface area (Å²) in [5.74, 6) is 0.807. The van der Waals surface area contributed by atoms with Crippen molar-refractivity contribution in [3.05, 3.63) is 46.1 Å². The van der Waals surface area contributed by atoms with E-state index in [9.17, 15) is 9.59 Å². The highest BCUT2D eigenvalue weighted by molar-refractivity contribution is 5.81. The number of benzene rings is 1. The average Bonchev–Trinajstić information content (AvgIpc) is 2.89. The van der Waals surface area contributed by atoms with Crippen LogP contribution < -0.4 is 15.7 Å². The number of aryl methyl sites for hydroxylation is 1. The number of hydrogen-bond acceptors (Lipinski definition) is 4. The summed E-state index contributed by atoms with van der Waals surface area (Å²) in [6.07, 6.45) is -0.619. The fourth-order valence-electron chi connectivity index (χ4n) is 1.98. The van der Waals surface area contributed by atoms with Gasteiger partial charge in [-0.2, -0.15) is 5.10 Å². The molecule has 1 aromatic heterocycles. The van der Waals surface area contributed by atoms with Gasteiger partial charge < -0.3 is 10.1 Å². The van der Waals surface area contributed by atoms with Crippen molar-refractivity contribution in [1.82, 2.24) is 20.5 Å². The molecular weight excluding hydrogens is 284 g/mol. The minimum absolute atomic E-state index is 0.00200. The highest BCUT2D eigenvalue weighted by Crippen LogP contribution is 2.20. The lowest BCUT2D eigenvalue weighted by Crippen LogP contribution is -2.41. The molecule has 0 radical (unpaired) electrons. The van der Waals surface area contributed by atoms with Gasteiger partial charge in [-0.3, -0.25) is 9.78 Å². The third-order valence-electron chi connectivity index (χ3n) is 3.19. The number of nitrogens with one attached hydrogen (secondary N) is 3.